The Morgan fingerprint density at radius 2 is 1.88 bits per heavy atom. The number of ether oxygens (including phenoxy) is 3. The Bertz CT molecular complexity index is 1780. The highest BCUT2D eigenvalue weighted by atomic mass is 19.3. The Kier molecular flexibility index (Phi) is 6.45. The summed E-state index contributed by atoms with van der Waals surface area (Å²) < 4.78 is 50.0. The number of fused-ring (bicyclic) bond motifs is 2. The second-order valence-corrected chi connectivity index (χ2v) is 10.7. The highest BCUT2D eigenvalue weighted by molar-refractivity contribution is 5.96. The number of aryl methyl sites for hydroxylation is 1. The number of piperidine rings is 1. The largest absolute Gasteiger partial charge is 0.478 e. The van der Waals surface area contributed by atoms with Crippen LogP contribution in [0.1, 0.15) is 24.8 Å². The molecule has 216 valence electrons. The maximum absolute atomic E-state index is 15.1. The summed E-state index contributed by atoms with van der Waals surface area (Å²) in [6.45, 7) is 2.02. The van der Waals surface area contributed by atoms with Gasteiger partial charge in [-0.25, -0.2) is 33.2 Å². The summed E-state index contributed by atoms with van der Waals surface area (Å²) in [5.41, 5.74) is 2.70. The summed E-state index contributed by atoms with van der Waals surface area (Å²) in [7, 11) is 1.68. The Labute approximate surface area is 239 Å². The van der Waals surface area contributed by atoms with Gasteiger partial charge in [0.1, 0.15) is 36.1 Å². The van der Waals surface area contributed by atoms with Gasteiger partial charge in [-0.1, -0.05) is 0 Å². The molecule has 1 N–H and O–H groups in total. The standard InChI is InChI=1S/C29H28F2N8O3/c1-17-11-18(3-6-22(17)40-20-7-10-39-24(12-20)34-16-36-39)37-27-25-21(33-15-35-27)13-32-28(41-19-4-5-19)26(25)42-23-8-9-38(2)14-29(23,30)31/h3,6-7,10-13,15-16,19,23H,4-5,8-9,14H2,1-2H3,(H,33,35,37)/t23-/m1/s1. The average Bonchev–Trinajstić information content (AvgIpc) is 3.65. The van der Waals surface area contributed by atoms with E-state index in [0.717, 1.165) is 18.4 Å². The van der Waals surface area contributed by atoms with Crippen LogP contribution in [0.3, 0.4) is 0 Å². The van der Waals surface area contributed by atoms with Crippen LogP contribution in [0.4, 0.5) is 20.3 Å². The first-order chi connectivity index (χ1) is 20.3. The number of halogens is 2. The molecule has 0 bridgehead atoms. The van der Waals surface area contributed by atoms with Crippen LogP contribution in [0.25, 0.3) is 16.6 Å². The molecule has 5 heterocycles. The lowest BCUT2D eigenvalue weighted by atomic mass is 10.0. The van der Waals surface area contributed by atoms with E-state index in [1.807, 2.05) is 31.2 Å². The third-order valence-corrected chi connectivity index (χ3v) is 7.31. The van der Waals surface area contributed by atoms with E-state index in [4.69, 9.17) is 14.2 Å². The molecular formula is C29H28F2N8O3. The van der Waals surface area contributed by atoms with Crippen molar-refractivity contribution >= 4 is 28.1 Å². The smallest absolute Gasteiger partial charge is 0.296 e. The van der Waals surface area contributed by atoms with Crippen molar-refractivity contribution in [2.75, 3.05) is 25.5 Å². The first-order valence-electron chi connectivity index (χ1n) is 13.7. The van der Waals surface area contributed by atoms with Crippen molar-refractivity contribution in [1.82, 2.24) is 34.4 Å². The summed E-state index contributed by atoms with van der Waals surface area (Å²) in [5, 5.41) is 7.84. The van der Waals surface area contributed by atoms with Crippen LogP contribution in [0.15, 0.2) is 55.4 Å². The van der Waals surface area contributed by atoms with Crippen molar-refractivity contribution in [2.45, 2.75) is 44.3 Å². The second-order valence-electron chi connectivity index (χ2n) is 10.7. The van der Waals surface area contributed by atoms with Gasteiger partial charge in [-0.05, 0) is 56.6 Å². The molecular weight excluding hydrogens is 546 g/mol. The van der Waals surface area contributed by atoms with Gasteiger partial charge in [0, 0.05) is 30.9 Å². The summed E-state index contributed by atoms with van der Waals surface area (Å²) in [4.78, 5) is 19.0. The normalized spacial score (nSPS) is 18.7. The fourth-order valence-corrected chi connectivity index (χ4v) is 4.98. The molecule has 5 aromatic rings. The number of aromatic nitrogens is 6. The van der Waals surface area contributed by atoms with Crippen molar-refractivity contribution in [3.8, 4) is 23.1 Å². The highest BCUT2D eigenvalue weighted by Crippen LogP contribution is 2.43. The van der Waals surface area contributed by atoms with Crippen LogP contribution in [0.5, 0.6) is 23.1 Å². The third-order valence-electron chi connectivity index (χ3n) is 7.31. The van der Waals surface area contributed by atoms with Crippen LogP contribution < -0.4 is 19.5 Å². The Morgan fingerprint density at radius 3 is 2.69 bits per heavy atom. The molecule has 4 aromatic heterocycles. The van der Waals surface area contributed by atoms with Gasteiger partial charge in [0.15, 0.2) is 17.5 Å². The van der Waals surface area contributed by atoms with Gasteiger partial charge < -0.3 is 24.4 Å². The minimum absolute atomic E-state index is 0.0167. The Morgan fingerprint density at radius 1 is 1.00 bits per heavy atom. The van der Waals surface area contributed by atoms with Gasteiger partial charge in [-0.2, -0.15) is 5.10 Å². The van der Waals surface area contributed by atoms with E-state index in [1.54, 1.807) is 34.9 Å². The van der Waals surface area contributed by atoms with Gasteiger partial charge in [0.2, 0.25) is 0 Å². The molecule has 0 unspecified atom stereocenters. The van der Waals surface area contributed by atoms with Crippen LogP contribution >= 0.6 is 0 Å². The van der Waals surface area contributed by atoms with E-state index < -0.39 is 18.6 Å². The zero-order valence-corrected chi connectivity index (χ0v) is 23.0. The van der Waals surface area contributed by atoms with E-state index in [2.05, 4.69) is 30.4 Å². The molecule has 1 aliphatic carbocycles. The minimum Gasteiger partial charge on any atom is -0.478 e. The van der Waals surface area contributed by atoms with Gasteiger partial charge in [0.05, 0.1) is 23.6 Å². The number of nitrogens with one attached hydrogen (secondary N) is 1. The number of nitrogens with zero attached hydrogens (tertiary/aromatic N) is 7. The molecule has 42 heavy (non-hydrogen) atoms. The molecule has 13 heteroatoms. The van der Waals surface area contributed by atoms with E-state index in [0.29, 0.717) is 46.1 Å². The molecule has 2 fully saturated rings. The minimum atomic E-state index is -3.05. The lowest BCUT2D eigenvalue weighted by Crippen LogP contribution is -2.52. The van der Waals surface area contributed by atoms with Crippen molar-refractivity contribution in [3.05, 3.63) is 60.9 Å². The second kappa shape index (κ2) is 10.3. The molecule has 1 aromatic carbocycles. The highest BCUT2D eigenvalue weighted by Gasteiger charge is 2.46. The first-order valence-corrected chi connectivity index (χ1v) is 13.7. The summed E-state index contributed by atoms with van der Waals surface area (Å²) in [6.07, 6.45) is 6.75. The van der Waals surface area contributed by atoms with Crippen molar-refractivity contribution in [3.63, 3.8) is 0 Å². The van der Waals surface area contributed by atoms with Crippen molar-refractivity contribution < 1.29 is 23.0 Å². The summed E-state index contributed by atoms with van der Waals surface area (Å²) in [5.74, 6) is -1.08. The number of pyridine rings is 2. The fourth-order valence-electron chi connectivity index (χ4n) is 4.98. The molecule has 0 spiro atoms. The SMILES string of the molecule is Cc1cc(Nc2ncnc3cnc(OC4CC4)c(O[C@@H]4CCN(C)CC4(F)F)c23)ccc1Oc1ccn2ncnc2c1. The molecule has 2 aliphatic rings. The molecule has 1 saturated carbocycles. The lowest BCUT2D eigenvalue weighted by molar-refractivity contribution is -0.135. The zero-order chi connectivity index (χ0) is 28.8. The van der Waals surface area contributed by atoms with Gasteiger partial charge in [0.25, 0.3) is 11.8 Å². The number of alkyl halides is 2. The number of anilines is 2. The fraction of sp³-hybridized carbons (Fsp3) is 0.345. The van der Waals surface area contributed by atoms with Crippen LogP contribution in [-0.4, -0.2) is 72.7 Å². The third kappa shape index (κ3) is 5.22. The molecule has 0 amide bonds. The number of likely N-dealkylation sites (tertiary alicyclic amines) is 1. The maximum atomic E-state index is 15.1. The molecule has 1 saturated heterocycles. The molecule has 11 nitrogen and oxygen atoms in total. The van der Waals surface area contributed by atoms with Crippen molar-refractivity contribution in [2.24, 2.45) is 0 Å². The number of hydrogen-bond acceptors (Lipinski definition) is 10. The maximum Gasteiger partial charge on any atom is 0.296 e. The molecule has 1 atom stereocenters. The quantitative estimate of drug-likeness (QED) is 0.266. The summed E-state index contributed by atoms with van der Waals surface area (Å²) in [6, 6.07) is 9.21. The topological polar surface area (TPSA) is 112 Å². The van der Waals surface area contributed by atoms with E-state index in [1.165, 1.54) is 12.7 Å². The average molecular weight is 575 g/mol. The number of benzene rings is 1. The van der Waals surface area contributed by atoms with Crippen molar-refractivity contribution in [1.29, 1.82) is 0 Å². The predicted molar refractivity (Wildman–Crippen MR) is 150 cm³/mol. The monoisotopic (exact) mass is 574 g/mol. The molecule has 1 aliphatic heterocycles. The Balaban J connectivity index is 1.21. The number of hydrogen-bond donors (Lipinski definition) is 1. The van der Waals surface area contributed by atoms with Gasteiger partial charge in [-0.15, -0.1) is 0 Å². The van der Waals surface area contributed by atoms with E-state index in [-0.39, 0.29) is 24.2 Å². The van der Waals surface area contributed by atoms with Gasteiger partial charge in [-0.3, -0.25) is 0 Å². The number of rotatable bonds is 8. The van der Waals surface area contributed by atoms with Crippen LogP contribution in [-0.2, 0) is 0 Å². The van der Waals surface area contributed by atoms with E-state index >= 15 is 8.78 Å². The Hall–Kier alpha value is -4.65. The first kappa shape index (κ1) is 26.3. The summed E-state index contributed by atoms with van der Waals surface area (Å²) >= 11 is 0. The predicted octanol–water partition coefficient (Wildman–Crippen LogP) is 5.17. The van der Waals surface area contributed by atoms with E-state index in [9.17, 15) is 0 Å². The zero-order valence-electron chi connectivity index (χ0n) is 23.0. The molecule has 7 rings (SSSR count). The van der Waals surface area contributed by atoms with Crippen LogP contribution in [0.2, 0.25) is 0 Å². The molecule has 0 radical (unpaired) electrons. The van der Waals surface area contributed by atoms with Crippen LogP contribution in [0, 0.1) is 6.92 Å². The van der Waals surface area contributed by atoms with Gasteiger partial charge >= 0.3 is 0 Å². The lowest BCUT2D eigenvalue weighted by Gasteiger charge is -2.36.